The number of rotatable bonds is 1. The van der Waals surface area contributed by atoms with Crippen molar-refractivity contribution in [1.82, 2.24) is 0 Å². The number of carbonyl (C=O) groups is 2. The van der Waals surface area contributed by atoms with Crippen LogP contribution in [0.25, 0.3) is 0 Å². The Morgan fingerprint density at radius 1 is 1.30 bits per heavy atom. The van der Waals surface area contributed by atoms with E-state index in [1.165, 1.54) is 4.90 Å². The summed E-state index contributed by atoms with van der Waals surface area (Å²) in [5, 5.41) is 0.534. The van der Waals surface area contributed by atoms with Gasteiger partial charge in [0.15, 0.2) is 0 Å². The van der Waals surface area contributed by atoms with E-state index in [2.05, 4.69) is 12.2 Å². The molecule has 20 heavy (non-hydrogen) atoms. The van der Waals surface area contributed by atoms with Crippen LogP contribution in [0.4, 0.5) is 5.69 Å². The van der Waals surface area contributed by atoms with Crippen LogP contribution in [-0.4, -0.2) is 11.8 Å². The van der Waals surface area contributed by atoms with Crippen LogP contribution >= 0.6 is 11.6 Å². The fraction of sp³-hybridized carbons (Fsp3) is 0.375. The summed E-state index contributed by atoms with van der Waals surface area (Å²) in [6.07, 6.45) is 5.14. The summed E-state index contributed by atoms with van der Waals surface area (Å²) in [4.78, 5) is 26.9. The second-order valence-electron chi connectivity index (χ2n) is 6.11. The summed E-state index contributed by atoms with van der Waals surface area (Å²) in [6, 6.07) is 6.95. The number of hydrogen-bond acceptors (Lipinski definition) is 2. The van der Waals surface area contributed by atoms with Gasteiger partial charge in [-0.25, -0.2) is 4.90 Å². The average molecular weight is 288 g/mol. The molecule has 0 unspecified atom stereocenters. The standard InChI is InChI=1S/C16H14ClNO2/c1-16-10-6-5-9(7-10)13(16)14(19)18(15(16)20)12-4-2-3-11(17)8-12/h2-6,8-10,13H,7H2,1H3/t9-,10-,13-,16-/m1/s1. The Hall–Kier alpha value is -1.61. The minimum atomic E-state index is -0.571. The summed E-state index contributed by atoms with van der Waals surface area (Å²) >= 11 is 5.98. The maximum absolute atomic E-state index is 12.8. The van der Waals surface area contributed by atoms with Crippen LogP contribution < -0.4 is 4.90 Å². The van der Waals surface area contributed by atoms with Gasteiger partial charge in [0.1, 0.15) is 0 Å². The Morgan fingerprint density at radius 3 is 2.80 bits per heavy atom. The summed E-state index contributed by atoms with van der Waals surface area (Å²) < 4.78 is 0. The number of amides is 2. The van der Waals surface area contributed by atoms with Gasteiger partial charge in [-0.1, -0.05) is 29.8 Å². The zero-order chi connectivity index (χ0) is 14.1. The van der Waals surface area contributed by atoms with Crippen molar-refractivity contribution >= 4 is 29.1 Å². The average Bonchev–Trinajstić information content (AvgIpc) is 3.03. The van der Waals surface area contributed by atoms with E-state index in [4.69, 9.17) is 11.6 Å². The third-order valence-electron chi connectivity index (χ3n) is 5.18. The van der Waals surface area contributed by atoms with Gasteiger partial charge in [-0.05, 0) is 43.4 Å². The lowest BCUT2D eigenvalue weighted by molar-refractivity contribution is -0.127. The Balaban J connectivity index is 1.82. The molecule has 4 heteroatoms. The Morgan fingerprint density at radius 2 is 2.10 bits per heavy atom. The first-order chi connectivity index (χ1) is 9.53. The van der Waals surface area contributed by atoms with Crippen LogP contribution in [0.5, 0.6) is 0 Å². The number of anilines is 1. The van der Waals surface area contributed by atoms with E-state index in [0.717, 1.165) is 6.42 Å². The van der Waals surface area contributed by atoms with Gasteiger partial charge >= 0.3 is 0 Å². The first-order valence-electron chi connectivity index (χ1n) is 6.86. The van der Waals surface area contributed by atoms with Crippen molar-refractivity contribution < 1.29 is 9.59 Å². The topological polar surface area (TPSA) is 37.4 Å². The van der Waals surface area contributed by atoms with Crippen molar-refractivity contribution in [1.29, 1.82) is 0 Å². The summed E-state index contributed by atoms with van der Waals surface area (Å²) in [7, 11) is 0. The Bertz CT molecular complexity index is 668. The quantitative estimate of drug-likeness (QED) is 0.588. The number of halogens is 1. The summed E-state index contributed by atoms with van der Waals surface area (Å²) in [5.74, 6) is 0.0518. The van der Waals surface area contributed by atoms with Crippen LogP contribution in [0.3, 0.4) is 0 Å². The number of fused-ring (bicyclic) bond motifs is 5. The third-order valence-corrected chi connectivity index (χ3v) is 5.41. The van der Waals surface area contributed by atoms with E-state index in [-0.39, 0.29) is 29.6 Å². The largest absolute Gasteiger partial charge is 0.274 e. The highest BCUT2D eigenvalue weighted by atomic mass is 35.5. The van der Waals surface area contributed by atoms with Crippen molar-refractivity contribution in [2.75, 3.05) is 4.90 Å². The summed E-state index contributed by atoms with van der Waals surface area (Å²) in [5.41, 5.74) is 0.0151. The molecule has 2 fully saturated rings. The van der Waals surface area contributed by atoms with Crippen LogP contribution in [0.15, 0.2) is 36.4 Å². The highest BCUT2D eigenvalue weighted by molar-refractivity contribution is 6.31. The van der Waals surface area contributed by atoms with Gasteiger partial charge in [0.2, 0.25) is 11.8 Å². The van der Waals surface area contributed by atoms with Crippen LogP contribution in [0.2, 0.25) is 5.02 Å². The fourth-order valence-corrected chi connectivity index (χ4v) is 4.35. The number of carbonyl (C=O) groups excluding carboxylic acids is 2. The Labute approximate surface area is 122 Å². The molecule has 1 aromatic carbocycles. The lowest BCUT2D eigenvalue weighted by atomic mass is 9.71. The first kappa shape index (κ1) is 12.2. The second kappa shape index (κ2) is 3.73. The molecule has 1 saturated carbocycles. The lowest BCUT2D eigenvalue weighted by Gasteiger charge is -2.28. The predicted octanol–water partition coefficient (Wildman–Crippen LogP) is 3.04. The zero-order valence-electron chi connectivity index (χ0n) is 11.0. The third kappa shape index (κ3) is 1.27. The molecule has 0 spiro atoms. The molecule has 1 aliphatic heterocycles. The fourth-order valence-electron chi connectivity index (χ4n) is 4.17. The minimum absolute atomic E-state index is 0.0726. The molecular weight excluding hydrogens is 274 g/mol. The molecule has 1 heterocycles. The van der Waals surface area contributed by atoms with E-state index in [1.54, 1.807) is 24.3 Å². The molecule has 1 aromatic rings. The highest BCUT2D eigenvalue weighted by Crippen LogP contribution is 2.60. The zero-order valence-corrected chi connectivity index (χ0v) is 11.8. The maximum Gasteiger partial charge on any atom is 0.241 e. The smallest absolute Gasteiger partial charge is 0.241 e. The molecule has 102 valence electrons. The molecule has 0 N–H and O–H groups in total. The van der Waals surface area contributed by atoms with E-state index >= 15 is 0 Å². The first-order valence-corrected chi connectivity index (χ1v) is 7.23. The minimum Gasteiger partial charge on any atom is -0.274 e. The molecule has 3 nitrogen and oxygen atoms in total. The van der Waals surface area contributed by atoms with Crippen LogP contribution in [0.1, 0.15) is 13.3 Å². The molecular formula is C16H14ClNO2. The molecule has 0 radical (unpaired) electrons. The molecule has 1 saturated heterocycles. The van der Waals surface area contributed by atoms with Gasteiger partial charge in [-0.15, -0.1) is 0 Å². The predicted molar refractivity (Wildman–Crippen MR) is 76.3 cm³/mol. The van der Waals surface area contributed by atoms with E-state index in [1.807, 2.05) is 6.92 Å². The molecule has 2 amide bonds. The molecule has 4 atom stereocenters. The van der Waals surface area contributed by atoms with Crippen molar-refractivity contribution in [3.63, 3.8) is 0 Å². The number of allylic oxidation sites excluding steroid dienone is 2. The maximum atomic E-state index is 12.8. The molecule has 0 aromatic heterocycles. The molecule has 3 aliphatic rings. The Kier molecular flexibility index (Phi) is 2.27. The number of nitrogens with zero attached hydrogens (tertiary/aromatic N) is 1. The normalized spacial score (nSPS) is 37.9. The van der Waals surface area contributed by atoms with E-state index in [9.17, 15) is 9.59 Å². The monoisotopic (exact) mass is 287 g/mol. The molecule has 2 aliphatic carbocycles. The van der Waals surface area contributed by atoms with Gasteiger partial charge in [0.25, 0.3) is 0 Å². The van der Waals surface area contributed by atoms with E-state index in [0.29, 0.717) is 10.7 Å². The van der Waals surface area contributed by atoms with Gasteiger partial charge in [-0.2, -0.15) is 0 Å². The van der Waals surface area contributed by atoms with Gasteiger partial charge in [-0.3, -0.25) is 9.59 Å². The SMILES string of the molecule is C[C@]12C(=O)N(c3cccc(Cl)c3)C(=O)[C@H]1[C@@H]1C=C[C@@H]2C1. The van der Waals surface area contributed by atoms with Gasteiger partial charge in [0, 0.05) is 5.02 Å². The van der Waals surface area contributed by atoms with E-state index < -0.39 is 5.41 Å². The van der Waals surface area contributed by atoms with Gasteiger partial charge < -0.3 is 0 Å². The number of benzene rings is 1. The molecule has 2 bridgehead atoms. The van der Waals surface area contributed by atoms with Crippen molar-refractivity contribution in [2.24, 2.45) is 23.2 Å². The number of hydrogen-bond donors (Lipinski definition) is 0. The summed E-state index contributed by atoms with van der Waals surface area (Å²) in [6.45, 7) is 1.94. The number of imide groups is 1. The van der Waals surface area contributed by atoms with Gasteiger partial charge in [0.05, 0.1) is 17.0 Å². The van der Waals surface area contributed by atoms with Crippen molar-refractivity contribution in [2.45, 2.75) is 13.3 Å². The van der Waals surface area contributed by atoms with Crippen molar-refractivity contribution in [3.05, 3.63) is 41.4 Å². The second-order valence-corrected chi connectivity index (χ2v) is 6.55. The molecule has 4 rings (SSSR count). The highest BCUT2D eigenvalue weighted by Gasteiger charge is 2.67. The lowest BCUT2D eigenvalue weighted by Crippen LogP contribution is -2.37. The van der Waals surface area contributed by atoms with Crippen molar-refractivity contribution in [3.8, 4) is 0 Å². The van der Waals surface area contributed by atoms with Crippen LogP contribution in [0, 0.1) is 23.2 Å². The van der Waals surface area contributed by atoms with Crippen LogP contribution in [-0.2, 0) is 9.59 Å².